The largest absolute Gasteiger partial charge is 0.378 e. The minimum absolute atomic E-state index is 0.214. The monoisotopic (exact) mass is 278 g/mol. The Balaban J connectivity index is 2.17. The van der Waals surface area contributed by atoms with Gasteiger partial charge in [-0.3, -0.25) is 0 Å². The average Bonchev–Trinajstić information content (AvgIpc) is 2.47. The standard InChI is InChI=1S/C13H22N6O/c1-9(16-2)7-10(14)11-8-12(18-13(15)17-11)19-3-5-20-6-4-19/h8-9,14,16H,3-7H2,1-2H3,(H2,15,17,18)/t9-/m1/s1. The number of anilines is 2. The van der Waals surface area contributed by atoms with E-state index in [0.29, 0.717) is 31.0 Å². The van der Waals surface area contributed by atoms with Crippen LogP contribution in [0, 0.1) is 5.41 Å². The molecule has 0 aromatic carbocycles. The number of aromatic nitrogens is 2. The molecule has 7 heteroatoms. The molecule has 0 spiro atoms. The third-order valence-corrected chi connectivity index (χ3v) is 3.38. The first-order valence-corrected chi connectivity index (χ1v) is 6.82. The van der Waals surface area contributed by atoms with Gasteiger partial charge in [-0.25, -0.2) is 4.98 Å². The summed E-state index contributed by atoms with van der Waals surface area (Å²) in [4.78, 5) is 10.5. The van der Waals surface area contributed by atoms with Gasteiger partial charge in [0.1, 0.15) is 5.82 Å². The summed E-state index contributed by atoms with van der Waals surface area (Å²) in [5, 5.41) is 11.3. The predicted molar refractivity (Wildman–Crippen MR) is 79.4 cm³/mol. The van der Waals surface area contributed by atoms with E-state index >= 15 is 0 Å². The fraction of sp³-hybridized carbons (Fsp3) is 0.615. The van der Waals surface area contributed by atoms with Gasteiger partial charge in [-0.2, -0.15) is 4.98 Å². The van der Waals surface area contributed by atoms with Crippen LogP contribution in [0.4, 0.5) is 11.8 Å². The minimum Gasteiger partial charge on any atom is -0.378 e. The highest BCUT2D eigenvalue weighted by molar-refractivity contribution is 5.97. The maximum atomic E-state index is 8.14. The van der Waals surface area contributed by atoms with Crippen LogP contribution in [0.1, 0.15) is 19.0 Å². The number of nitrogens with zero attached hydrogens (tertiary/aromatic N) is 3. The van der Waals surface area contributed by atoms with Gasteiger partial charge in [0.2, 0.25) is 5.95 Å². The number of hydrogen-bond acceptors (Lipinski definition) is 7. The summed E-state index contributed by atoms with van der Waals surface area (Å²) in [6.07, 6.45) is 0.607. The predicted octanol–water partition coefficient (Wildman–Crippen LogP) is 0.261. The van der Waals surface area contributed by atoms with Crippen molar-refractivity contribution in [1.82, 2.24) is 15.3 Å². The molecular weight excluding hydrogens is 256 g/mol. The molecule has 7 nitrogen and oxygen atoms in total. The molecule has 20 heavy (non-hydrogen) atoms. The molecule has 1 atom stereocenters. The molecule has 0 radical (unpaired) electrons. The number of morpholine rings is 1. The summed E-state index contributed by atoms with van der Waals surface area (Å²) >= 11 is 0. The van der Waals surface area contributed by atoms with Crippen molar-refractivity contribution in [2.75, 3.05) is 44.0 Å². The number of nitrogen functional groups attached to an aromatic ring is 1. The van der Waals surface area contributed by atoms with E-state index in [4.69, 9.17) is 15.9 Å². The summed E-state index contributed by atoms with van der Waals surface area (Å²) in [5.41, 5.74) is 6.84. The minimum atomic E-state index is 0.214. The molecule has 1 saturated heterocycles. The topological polar surface area (TPSA) is 100 Å². The quantitative estimate of drug-likeness (QED) is 0.668. The summed E-state index contributed by atoms with van der Waals surface area (Å²) in [7, 11) is 1.88. The van der Waals surface area contributed by atoms with E-state index in [0.717, 1.165) is 18.9 Å². The Hall–Kier alpha value is -1.73. The third-order valence-electron chi connectivity index (χ3n) is 3.38. The van der Waals surface area contributed by atoms with Gasteiger partial charge in [-0.15, -0.1) is 0 Å². The van der Waals surface area contributed by atoms with Gasteiger partial charge < -0.3 is 26.1 Å². The highest BCUT2D eigenvalue weighted by Crippen LogP contribution is 2.16. The average molecular weight is 278 g/mol. The number of hydrogen-bond donors (Lipinski definition) is 3. The number of ether oxygens (including phenoxy) is 1. The summed E-state index contributed by atoms with van der Waals surface area (Å²) < 4.78 is 5.33. The fourth-order valence-electron chi connectivity index (χ4n) is 2.07. The van der Waals surface area contributed by atoms with Crippen molar-refractivity contribution in [3.63, 3.8) is 0 Å². The second-order valence-electron chi connectivity index (χ2n) is 4.94. The van der Waals surface area contributed by atoms with Gasteiger partial charge in [0.05, 0.1) is 24.6 Å². The van der Waals surface area contributed by atoms with Crippen molar-refractivity contribution < 1.29 is 4.74 Å². The molecule has 1 aromatic heterocycles. The lowest BCUT2D eigenvalue weighted by molar-refractivity contribution is 0.122. The molecule has 0 unspecified atom stereocenters. The van der Waals surface area contributed by atoms with Gasteiger partial charge in [0.25, 0.3) is 0 Å². The molecule has 2 heterocycles. The smallest absolute Gasteiger partial charge is 0.222 e. The molecule has 0 amide bonds. The number of nitrogens with one attached hydrogen (secondary N) is 2. The van der Waals surface area contributed by atoms with Crippen LogP contribution in [-0.2, 0) is 4.74 Å². The van der Waals surface area contributed by atoms with Crippen molar-refractivity contribution in [2.45, 2.75) is 19.4 Å². The molecule has 110 valence electrons. The second-order valence-corrected chi connectivity index (χ2v) is 4.94. The van der Waals surface area contributed by atoms with E-state index in [2.05, 4.69) is 20.2 Å². The lowest BCUT2D eigenvalue weighted by Crippen LogP contribution is -2.37. The normalized spacial score (nSPS) is 17.0. The van der Waals surface area contributed by atoms with E-state index < -0.39 is 0 Å². The Labute approximate surface area is 119 Å². The van der Waals surface area contributed by atoms with Gasteiger partial charge >= 0.3 is 0 Å². The van der Waals surface area contributed by atoms with Crippen LogP contribution in [0.15, 0.2) is 6.07 Å². The van der Waals surface area contributed by atoms with Crippen LogP contribution in [0.5, 0.6) is 0 Å². The van der Waals surface area contributed by atoms with Crippen molar-refractivity contribution in [3.8, 4) is 0 Å². The summed E-state index contributed by atoms with van der Waals surface area (Å²) in [6.45, 7) is 4.98. The lowest BCUT2D eigenvalue weighted by atomic mass is 10.1. The summed E-state index contributed by atoms with van der Waals surface area (Å²) in [5.74, 6) is 0.989. The molecule has 0 saturated carbocycles. The van der Waals surface area contributed by atoms with Gasteiger partial charge in [-0.05, 0) is 14.0 Å². The van der Waals surface area contributed by atoms with Crippen LogP contribution in [-0.4, -0.2) is 55.1 Å². The Kier molecular flexibility index (Phi) is 4.86. The molecule has 0 aliphatic carbocycles. The van der Waals surface area contributed by atoms with Crippen LogP contribution >= 0.6 is 0 Å². The molecule has 1 aliphatic heterocycles. The molecule has 1 aliphatic rings. The third kappa shape index (κ3) is 3.64. The highest BCUT2D eigenvalue weighted by atomic mass is 16.5. The van der Waals surface area contributed by atoms with Crippen molar-refractivity contribution in [3.05, 3.63) is 11.8 Å². The number of nitrogens with two attached hydrogens (primary N) is 1. The maximum absolute atomic E-state index is 8.14. The maximum Gasteiger partial charge on any atom is 0.222 e. The molecule has 1 fully saturated rings. The Morgan fingerprint density at radius 2 is 2.20 bits per heavy atom. The zero-order chi connectivity index (χ0) is 14.5. The molecule has 1 aromatic rings. The van der Waals surface area contributed by atoms with Crippen LogP contribution in [0.25, 0.3) is 0 Å². The summed E-state index contributed by atoms with van der Waals surface area (Å²) in [6, 6.07) is 2.07. The van der Waals surface area contributed by atoms with E-state index in [1.54, 1.807) is 0 Å². The van der Waals surface area contributed by atoms with Crippen molar-refractivity contribution in [1.29, 1.82) is 5.41 Å². The van der Waals surface area contributed by atoms with Gasteiger partial charge in [0.15, 0.2) is 0 Å². The van der Waals surface area contributed by atoms with Gasteiger partial charge in [-0.1, -0.05) is 0 Å². The zero-order valence-corrected chi connectivity index (χ0v) is 12.0. The van der Waals surface area contributed by atoms with E-state index in [-0.39, 0.29) is 12.0 Å². The van der Waals surface area contributed by atoms with Crippen LogP contribution in [0.2, 0.25) is 0 Å². The van der Waals surface area contributed by atoms with E-state index in [1.165, 1.54) is 0 Å². The molecule has 2 rings (SSSR count). The Morgan fingerprint density at radius 3 is 2.85 bits per heavy atom. The zero-order valence-electron chi connectivity index (χ0n) is 12.0. The first kappa shape index (κ1) is 14.7. The van der Waals surface area contributed by atoms with Gasteiger partial charge in [0, 0.05) is 31.6 Å². The molecule has 0 bridgehead atoms. The molecule has 4 N–H and O–H groups in total. The number of rotatable bonds is 5. The molecular formula is C13H22N6O. The van der Waals surface area contributed by atoms with Crippen molar-refractivity contribution >= 4 is 17.5 Å². The van der Waals surface area contributed by atoms with Crippen LogP contribution in [0.3, 0.4) is 0 Å². The van der Waals surface area contributed by atoms with E-state index in [9.17, 15) is 0 Å². The highest BCUT2D eigenvalue weighted by Gasteiger charge is 2.16. The van der Waals surface area contributed by atoms with E-state index in [1.807, 2.05) is 20.0 Å². The Morgan fingerprint density at radius 1 is 1.50 bits per heavy atom. The first-order valence-electron chi connectivity index (χ1n) is 6.82. The SMILES string of the molecule is CN[C@H](C)CC(=N)c1cc(N2CCOCC2)nc(N)n1. The first-order chi connectivity index (χ1) is 9.60. The fourth-order valence-corrected chi connectivity index (χ4v) is 2.07. The lowest BCUT2D eigenvalue weighted by Gasteiger charge is -2.28. The van der Waals surface area contributed by atoms with Crippen LogP contribution < -0.4 is 16.0 Å². The Bertz CT molecular complexity index is 472. The second kappa shape index (κ2) is 6.62. The van der Waals surface area contributed by atoms with Crippen molar-refractivity contribution in [2.24, 2.45) is 0 Å².